The maximum atomic E-state index is 14.3. The predicted octanol–water partition coefficient (Wildman–Crippen LogP) is 3.29. The number of hydrogen-bond acceptors (Lipinski definition) is 4. The SMILES string of the molecule is CC(CC(=O)CC(=O)O)(N[S@+]([O-])C(C)(C)C)c1cc(Br)ccc1F. The minimum absolute atomic E-state index is 0.146. The van der Waals surface area contributed by atoms with Crippen molar-refractivity contribution >= 4 is 39.0 Å². The number of hydrogen-bond donors (Lipinski definition) is 2. The Morgan fingerprint density at radius 2 is 1.92 bits per heavy atom. The van der Waals surface area contributed by atoms with E-state index in [1.165, 1.54) is 18.2 Å². The molecule has 0 radical (unpaired) electrons. The molecule has 0 amide bonds. The number of aliphatic carboxylic acids is 1. The second kappa shape index (κ2) is 7.95. The number of carbonyl (C=O) groups is 2. The maximum absolute atomic E-state index is 14.3. The van der Waals surface area contributed by atoms with Crippen molar-refractivity contribution in [3.8, 4) is 0 Å². The molecule has 0 fully saturated rings. The Morgan fingerprint density at radius 3 is 2.42 bits per heavy atom. The minimum Gasteiger partial charge on any atom is -0.598 e. The van der Waals surface area contributed by atoms with Crippen molar-refractivity contribution in [1.82, 2.24) is 4.72 Å². The number of benzene rings is 1. The highest BCUT2D eigenvalue weighted by atomic mass is 79.9. The van der Waals surface area contributed by atoms with E-state index < -0.39 is 45.6 Å². The Hall–Kier alpha value is -0.960. The van der Waals surface area contributed by atoms with Crippen molar-refractivity contribution in [1.29, 1.82) is 0 Å². The fourth-order valence-corrected chi connectivity index (χ4v) is 3.35. The third-order valence-electron chi connectivity index (χ3n) is 3.30. The zero-order valence-corrected chi connectivity index (χ0v) is 16.4. The van der Waals surface area contributed by atoms with Gasteiger partial charge in [-0.1, -0.05) is 15.9 Å². The van der Waals surface area contributed by atoms with Gasteiger partial charge in [-0.05, 0) is 45.9 Å². The summed E-state index contributed by atoms with van der Waals surface area (Å²) >= 11 is 1.67. The maximum Gasteiger partial charge on any atom is 0.310 e. The van der Waals surface area contributed by atoms with E-state index in [1.807, 2.05) is 0 Å². The molecule has 0 aliphatic rings. The number of halogens is 2. The highest BCUT2D eigenvalue weighted by Crippen LogP contribution is 2.32. The van der Waals surface area contributed by atoms with Crippen molar-refractivity contribution in [2.45, 2.75) is 50.8 Å². The van der Waals surface area contributed by atoms with Gasteiger partial charge in [0.05, 0.1) is 5.54 Å². The van der Waals surface area contributed by atoms with Gasteiger partial charge in [-0.3, -0.25) is 9.59 Å². The fraction of sp³-hybridized carbons (Fsp3) is 0.500. The van der Waals surface area contributed by atoms with Crippen LogP contribution in [-0.2, 0) is 26.5 Å². The third-order valence-corrected chi connectivity index (χ3v) is 5.54. The number of carboxylic acid groups (broad SMARTS) is 1. The van der Waals surface area contributed by atoms with Crippen LogP contribution in [0.1, 0.15) is 46.1 Å². The van der Waals surface area contributed by atoms with Crippen LogP contribution in [-0.4, -0.2) is 26.2 Å². The molecule has 0 saturated heterocycles. The molecule has 0 spiro atoms. The average molecular weight is 422 g/mol. The van der Waals surface area contributed by atoms with E-state index >= 15 is 0 Å². The molecule has 5 nitrogen and oxygen atoms in total. The standard InChI is InChI=1S/C16H21BrFNO4S/c1-15(2,3)24(23)19-16(4,9-11(20)8-14(21)22)12-7-10(17)5-6-13(12)18/h5-7,19H,8-9H2,1-4H3,(H,21,22)/t16?,24-/m1/s1. The van der Waals surface area contributed by atoms with Gasteiger partial charge >= 0.3 is 5.97 Å². The first-order valence-corrected chi connectivity index (χ1v) is 9.18. The van der Waals surface area contributed by atoms with Crippen LogP contribution in [0.3, 0.4) is 0 Å². The molecule has 8 heteroatoms. The normalized spacial score (nSPS) is 15.6. The van der Waals surface area contributed by atoms with Gasteiger partial charge in [-0.25, -0.2) is 4.39 Å². The van der Waals surface area contributed by atoms with Crippen LogP contribution in [0.5, 0.6) is 0 Å². The lowest BCUT2D eigenvalue weighted by Crippen LogP contribution is -2.51. The number of nitrogens with one attached hydrogen (secondary N) is 1. The van der Waals surface area contributed by atoms with Crippen LogP contribution < -0.4 is 4.72 Å². The van der Waals surface area contributed by atoms with Crippen molar-refractivity contribution in [3.63, 3.8) is 0 Å². The number of Topliss-reactive ketones (excluding diaryl/α,β-unsaturated/α-hetero) is 1. The van der Waals surface area contributed by atoms with Crippen LogP contribution in [0.15, 0.2) is 22.7 Å². The van der Waals surface area contributed by atoms with E-state index in [0.717, 1.165) is 0 Å². The Labute approximate surface area is 152 Å². The number of rotatable bonds is 7. The molecule has 0 saturated carbocycles. The average Bonchev–Trinajstić information content (AvgIpc) is 2.38. The molecule has 134 valence electrons. The van der Waals surface area contributed by atoms with Gasteiger partial charge in [-0.15, -0.1) is 4.72 Å². The monoisotopic (exact) mass is 421 g/mol. The van der Waals surface area contributed by atoms with Gasteiger partial charge < -0.3 is 9.66 Å². The van der Waals surface area contributed by atoms with E-state index in [-0.39, 0.29) is 12.0 Å². The topological polar surface area (TPSA) is 89.5 Å². The summed E-state index contributed by atoms with van der Waals surface area (Å²) in [7, 11) is 0. The molecule has 0 heterocycles. The molecule has 2 atom stereocenters. The summed E-state index contributed by atoms with van der Waals surface area (Å²) in [6, 6.07) is 4.25. The highest BCUT2D eigenvalue weighted by Gasteiger charge is 2.40. The summed E-state index contributed by atoms with van der Waals surface area (Å²) in [5, 5.41) is 8.78. The lowest BCUT2D eigenvalue weighted by molar-refractivity contribution is -0.140. The van der Waals surface area contributed by atoms with Crippen molar-refractivity contribution in [3.05, 3.63) is 34.1 Å². The number of ketones is 1. The van der Waals surface area contributed by atoms with Crippen LogP contribution in [0.25, 0.3) is 0 Å². The largest absolute Gasteiger partial charge is 0.598 e. The minimum atomic E-state index is -1.58. The summed E-state index contributed by atoms with van der Waals surface area (Å²) in [5.41, 5.74) is -1.16. The zero-order valence-electron chi connectivity index (χ0n) is 14.0. The molecular formula is C16H21BrFNO4S. The van der Waals surface area contributed by atoms with Gasteiger partial charge in [0.2, 0.25) is 0 Å². The summed E-state index contributed by atoms with van der Waals surface area (Å²) in [6.45, 7) is 6.77. The number of carbonyl (C=O) groups excluding carboxylic acids is 1. The second-order valence-electron chi connectivity index (χ2n) is 6.73. The molecule has 0 aliphatic carbocycles. The summed E-state index contributed by atoms with van der Waals surface area (Å²) in [5.74, 6) is -2.40. The smallest absolute Gasteiger partial charge is 0.310 e. The lowest BCUT2D eigenvalue weighted by Gasteiger charge is -2.35. The molecule has 0 bridgehead atoms. The van der Waals surface area contributed by atoms with Crippen molar-refractivity contribution in [2.75, 3.05) is 0 Å². The van der Waals surface area contributed by atoms with E-state index in [0.29, 0.717) is 4.47 Å². The van der Waals surface area contributed by atoms with Crippen LogP contribution in [0.4, 0.5) is 4.39 Å². The van der Waals surface area contributed by atoms with Crippen molar-refractivity contribution < 1.29 is 23.6 Å². The molecule has 1 aromatic carbocycles. The first-order valence-electron chi connectivity index (χ1n) is 7.24. The van der Waals surface area contributed by atoms with Gasteiger partial charge in [-0.2, -0.15) is 0 Å². The predicted molar refractivity (Wildman–Crippen MR) is 94.4 cm³/mol. The first kappa shape index (κ1) is 21.1. The molecule has 24 heavy (non-hydrogen) atoms. The third kappa shape index (κ3) is 5.84. The Kier molecular flexibility index (Phi) is 6.98. The van der Waals surface area contributed by atoms with Crippen molar-refractivity contribution in [2.24, 2.45) is 0 Å². The van der Waals surface area contributed by atoms with E-state index in [4.69, 9.17) is 5.11 Å². The molecule has 1 aromatic rings. The Bertz CT molecular complexity index is 635. The van der Waals surface area contributed by atoms with Gasteiger partial charge in [0, 0.05) is 27.8 Å². The Balaban J connectivity index is 3.26. The van der Waals surface area contributed by atoms with Gasteiger partial charge in [0.25, 0.3) is 0 Å². The zero-order chi connectivity index (χ0) is 18.7. The van der Waals surface area contributed by atoms with Gasteiger partial charge in [0.15, 0.2) is 0 Å². The highest BCUT2D eigenvalue weighted by molar-refractivity contribution is 9.10. The summed E-state index contributed by atoms with van der Waals surface area (Å²) in [4.78, 5) is 22.8. The van der Waals surface area contributed by atoms with E-state index in [2.05, 4.69) is 20.7 Å². The number of carboxylic acids is 1. The molecule has 1 unspecified atom stereocenters. The lowest BCUT2D eigenvalue weighted by atomic mass is 9.87. The fourth-order valence-electron chi connectivity index (χ4n) is 2.09. The van der Waals surface area contributed by atoms with Crippen LogP contribution >= 0.6 is 15.9 Å². The molecule has 2 N–H and O–H groups in total. The van der Waals surface area contributed by atoms with Crippen LogP contribution in [0.2, 0.25) is 0 Å². The van der Waals surface area contributed by atoms with E-state index in [9.17, 15) is 18.5 Å². The summed E-state index contributed by atoms with van der Waals surface area (Å²) < 4.78 is 29.6. The molecule has 1 rings (SSSR count). The quantitative estimate of drug-likeness (QED) is 0.520. The molecule has 0 aliphatic heterocycles. The van der Waals surface area contributed by atoms with Crippen LogP contribution in [0, 0.1) is 5.82 Å². The summed E-state index contributed by atoms with van der Waals surface area (Å²) in [6.07, 6.45) is -0.969. The molecular weight excluding hydrogens is 401 g/mol. The first-order chi connectivity index (χ1) is 10.8. The van der Waals surface area contributed by atoms with E-state index in [1.54, 1.807) is 27.7 Å². The Morgan fingerprint density at radius 1 is 1.33 bits per heavy atom. The second-order valence-corrected chi connectivity index (χ2v) is 9.61. The van der Waals surface area contributed by atoms with Gasteiger partial charge in [0.1, 0.15) is 22.8 Å². The molecule has 0 aromatic heterocycles.